The third-order valence-corrected chi connectivity index (χ3v) is 20.0. The lowest BCUT2D eigenvalue weighted by atomic mass is 9.93. The topological polar surface area (TPSA) is 0 Å². The average molecular weight is 646 g/mol. The molecular formula is C42H57Si3. The summed E-state index contributed by atoms with van der Waals surface area (Å²) in [6.45, 7) is 29.2. The molecule has 0 bridgehead atoms. The van der Waals surface area contributed by atoms with Crippen LogP contribution in [0.3, 0.4) is 0 Å². The molecule has 0 saturated heterocycles. The van der Waals surface area contributed by atoms with Gasteiger partial charge in [0.15, 0.2) is 0 Å². The van der Waals surface area contributed by atoms with Crippen LogP contribution in [0.4, 0.5) is 0 Å². The normalized spacial score (nSPS) is 12.5. The summed E-state index contributed by atoms with van der Waals surface area (Å²) in [4.78, 5) is 0. The van der Waals surface area contributed by atoms with Crippen molar-refractivity contribution in [2.75, 3.05) is 0 Å². The minimum Gasteiger partial charge on any atom is -0.0650 e. The van der Waals surface area contributed by atoms with Gasteiger partial charge in [-0.2, -0.15) is 0 Å². The molecule has 3 radical (unpaired) electrons. The molecule has 0 nitrogen and oxygen atoms in total. The Kier molecular flexibility index (Phi) is 12.1. The van der Waals surface area contributed by atoms with Crippen molar-refractivity contribution in [2.45, 2.75) is 116 Å². The molecule has 4 aromatic carbocycles. The van der Waals surface area contributed by atoms with E-state index in [0.29, 0.717) is 33.2 Å². The van der Waals surface area contributed by atoms with Crippen LogP contribution in [-0.2, 0) is 0 Å². The van der Waals surface area contributed by atoms with Gasteiger partial charge in [-0.25, -0.2) is 0 Å². The van der Waals surface area contributed by atoms with Gasteiger partial charge in [0.05, 0.1) is 26.4 Å². The van der Waals surface area contributed by atoms with Crippen LogP contribution in [0.2, 0.25) is 33.2 Å². The summed E-state index contributed by atoms with van der Waals surface area (Å²) in [5.74, 6) is 0. The van der Waals surface area contributed by atoms with E-state index < -0.39 is 26.4 Å². The van der Waals surface area contributed by atoms with Crippen LogP contribution in [0, 0.1) is 0 Å². The lowest BCUT2D eigenvalue weighted by molar-refractivity contribution is 0.951. The Labute approximate surface area is 281 Å². The maximum atomic E-state index is 2.53. The third kappa shape index (κ3) is 7.92. The Morgan fingerprint density at radius 1 is 0.311 bits per heavy atom. The standard InChI is InChI=1S/C42H57Si3/c1-28(2)43(29(3)4)40-22-16-13-19-37(40)34-25-35(38-20-14-17-23-41(38)44(30(5)6)31(7)8)27-36(26-34)39-21-15-18-24-42(39)45(32(9)10)33(11)12/h13-33H,1-12H3. The minimum absolute atomic E-state index is 0.671. The first-order valence-corrected chi connectivity index (χ1v) is 22.3. The summed E-state index contributed by atoms with van der Waals surface area (Å²) in [6, 6.07) is 35.7. The summed E-state index contributed by atoms with van der Waals surface area (Å²) < 4.78 is 0. The summed E-state index contributed by atoms with van der Waals surface area (Å²) in [5, 5.41) is 4.75. The molecule has 0 saturated carbocycles. The second-order valence-electron chi connectivity index (χ2n) is 14.7. The Morgan fingerprint density at radius 3 is 0.711 bits per heavy atom. The molecule has 0 aliphatic rings. The van der Waals surface area contributed by atoms with Gasteiger partial charge in [0.25, 0.3) is 0 Å². The van der Waals surface area contributed by atoms with Crippen molar-refractivity contribution in [1.82, 2.24) is 0 Å². The smallest absolute Gasteiger partial charge is 0.0650 e. The fourth-order valence-electron chi connectivity index (χ4n) is 7.92. The van der Waals surface area contributed by atoms with E-state index in [4.69, 9.17) is 0 Å². The maximum absolute atomic E-state index is 2.53. The highest BCUT2D eigenvalue weighted by Crippen LogP contribution is 2.35. The van der Waals surface area contributed by atoms with Crippen LogP contribution in [-0.4, -0.2) is 26.4 Å². The van der Waals surface area contributed by atoms with Gasteiger partial charge in [0.2, 0.25) is 0 Å². The molecule has 0 spiro atoms. The molecule has 0 unspecified atom stereocenters. The highest BCUT2D eigenvalue weighted by Gasteiger charge is 2.29. The van der Waals surface area contributed by atoms with Crippen molar-refractivity contribution in [1.29, 1.82) is 0 Å². The van der Waals surface area contributed by atoms with Crippen LogP contribution >= 0.6 is 0 Å². The molecule has 0 aliphatic carbocycles. The van der Waals surface area contributed by atoms with E-state index in [1.54, 1.807) is 15.6 Å². The van der Waals surface area contributed by atoms with E-state index in [1.165, 1.54) is 33.4 Å². The Morgan fingerprint density at radius 2 is 0.511 bits per heavy atom. The number of benzene rings is 4. The quantitative estimate of drug-likeness (QED) is 0.134. The van der Waals surface area contributed by atoms with Crippen LogP contribution in [0.25, 0.3) is 33.4 Å². The molecule has 0 aromatic heterocycles. The SMILES string of the molecule is CC(C)[Si](c1ccccc1-c1cc(-c2ccccc2[Si](C(C)C)C(C)C)cc(-c2ccccc2[Si](C(C)C)C(C)C)c1)C(C)C. The minimum atomic E-state index is -0.763. The van der Waals surface area contributed by atoms with E-state index in [9.17, 15) is 0 Å². The second kappa shape index (κ2) is 15.4. The summed E-state index contributed by atoms with van der Waals surface area (Å²) in [5.41, 5.74) is 12.4. The predicted octanol–water partition coefficient (Wildman–Crippen LogP) is 11.3. The molecule has 0 N–H and O–H groups in total. The van der Waals surface area contributed by atoms with Gasteiger partial charge in [-0.15, -0.1) is 0 Å². The van der Waals surface area contributed by atoms with Crippen LogP contribution in [0.15, 0.2) is 91.0 Å². The van der Waals surface area contributed by atoms with Crippen molar-refractivity contribution in [3.05, 3.63) is 91.0 Å². The van der Waals surface area contributed by atoms with Gasteiger partial charge in [-0.3, -0.25) is 0 Å². The first kappa shape index (κ1) is 35.4. The molecule has 4 rings (SSSR count). The van der Waals surface area contributed by atoms with Gasteiger partial charge < -0.3 is 0 Å². The summed E-state index contributed by atoms with van der Waals surface area (Å²) in [6.07, 6.45) is 0. The van der Waals surface area contributed by atoms with Crippen molar-refractivity contribution < 1.29 is 0 Å². The van der Waals surface area contributed by atoms with Crippen molar-refractivity contribution in [3.63, 3.8) is 0 Å². The fraction of sp³-hybridized carbons (Fsp3) is 0.429. The third-order valence-electron chi connectivity index (χ3n) is 9.31. The summed E-state index contributed by atoms with van der Waals surface area (Å²) >= 11 is 0. The Bertz CT molecular complexity index is 1320. The van der Waals surface area contributed by atoms with E-state index in [-0.39, 0.29) is 0 Å². The van der Waals surface area contributed by atoms with Crippen molar-refractivity contribution in [3.8, 4) is 33.4 Å². The molecule has 4 aromatic rings. The van der Waals surface area contributed by atoms with E-state index >= 15 is 0 Å². The van der Waals surface area contributed by atoms with Crippen LogP contribution in [0.1, 0.15) is 83.1 Å². The first-order chi connectivity index (χ1) is 21.3. The molecule has 45 heavy (non-hydrogen) atoms. The molecule has 0 amide bonds. The number of hydrogen-bond donors (Lipinski definition) is 0. The molecular weight excluding hydrogens is 589 g/mol. The molecule has 237 valence electrons. The largest absolute Gasteiger partial charge is 0.0918 e. The lowest BCUT2D eigenvalue weighted by Crippen LogP contribution is -2.37. The molecule has 0 aliphatic heterocycles. The molecule has 0 heterocycles. The first-order valence-electron chi connectivity index (χ1n) is 17.4. The van der Waals surface area contributed by atoms with Gasteiger partial charge in [-0.1, -0.05) is 171 Å². The van der Waals surface area contributed by atoms with Crippen LogP contribution in [0.5, 0.6) is 0 Å². The Balaban J connectivity index is 2.09. The fourth-order valence-corrected chi connectivity index (χ4v) is 18.1. The van der Waals surface area contributed by atoms with Gasteiger partial charge in [-0.05, 0) is 84.8 Å². The highest BCUT2D eigenvalue weighted by molar-refractivity contribution is 6.78. The number of rotatable bonds is 12. The maximum Gasteiger partial charge on any atom is 0.0918 e. The van der Waals surface area contributed by atoms with Crippen molar-refractivity contribution in [2.24, 2.45) is 0 Å². The lowest BCUT2D eigenvalue weighted by Gasteiger charge is -2.28. The van der Waals surface area contributed by atoms with Gasteiger partial charge >= 0.3 is 0 Å². The van der Waals surface area contributed by atoms with E-state index in [0.717, 1.165) is 0 Å². The predicted molar refractivity (Wildman–Crippen MR) is 210 cm³/mol. The zero-order valence-corrected chi connectivity index (χ0v) is 33.1. The second-order valence-corrected chi connectivity index (χ2v) is 26.0. The number of hydrogen-bond acceptors (Lipinski definition) is 0. The zero-order chi connectivity index (χ0) is 33.0. The highest BCUT2D eigenvalue weighted by atomic mass is 28.3. The van der Waals surface area contributed by atoms with E-state index in [2.05, 4.69) is 174 Å². The van der Waals surface area contributed by atoms with E-state index in [1.807, 2.05) is 0 Å². The average Bonchev–Trinajstić information content (AvgIpc) is 2.97. The zero-order valence-electron chi connectivity index (χ0n) is 30.1. The Hall–Kier alpha value is -2.47. The van der Waals surface area contributed by atoms with Crippen LogP contribution < -0.4 is 15.6 Å². The summed E-state index contributed by atoms with van der Waals surface area (Å²) in [7, 11) is -2.29. The monoisotopic (exact) mass is 645 g/mol. The molecule has 0 fully saturated rings. The van der Waals surface area contributed by atoms with Crippen molar-refractivity contribution >= 4 is 42.0 Å². The molecule has 0 atom stereocenters. The molecule has 3 heteroatoms. The van der Waals surface area contributed by atoms with Gasteiger partial charge in [0.1, 0.15) is 0 Å². The van der Waals surface area contributed by atoms with Gasteiger partial charge in [0, 0.05) is 0 Å².